The highest BCUT2D eigenvalue weighted by atomic mass is 15.2. The summed E-state index contributed by atoms with van der Waals surface area (Å²) < 4.78 is 2.27. The second-order valence-corrected chi connectivity index (χ2v) is 12.3. The van der Waals surface area contributed by atoms with Gasteiger partial charge in [0.05, 0.1) is 45.6 Å². The van der Waals surface area contributed by atoms with E-state index in [2.05, 4.69) is 156 Å². The van der Waals surface area contributed by atoms with E-state index in [9.17, 15) is 10.5 Å². The summed E-state index contributed by atoms with van der Waals surface area (Å²) in [6.07, 6.45) is 12.9. The lowest BCUT2D eigenvalue weighted by Crippen LogP contribution is -2.33. The van der Waals surface area contributed by atoms with Gasteiger partial charge in [-0.1, -0.05) is 103 Å². The molecule has 8 rings (SSSR count). The van der Waals surface area contributed by atoms with E-state index in [1.807, 2.05) is 25.1 Å². The minimum absolute atomic E-state index is 0.131. The Kier molecular flexibility index (Phi) is 7.13. The van der Waals surface area contributed by atoms with Gasteiger partial charge in [-0.25, -0.2) is 0 Å². The van der Waals surface area contributed by atoms with Crippen molar-refractivity contribution in [3.63, 3.8) is 0 Å². The lowest BCUT2D eigenvalue weighted by atomic mass is 9.90. The zero-order valence-corrected chi connectivity index (χ0v) is 26.8. The SMILES string of the molecule is C/C=C\C1=C(C)C2C=CC=CC2N1c1ccc(-c2ccccc2-c2ccccc2-n2c3ccccc3c3ccc(C#N)cc32)cc1C#N. The molecule has 0 bridgehead atoms. The Labute approximate surface area is 280 Å². The van der Waals surface area contributed by atoms with E-state index in [1.165, 1.54) is 5.57 Å². The van der Waals surface area contributed by atoms with Crippen LogP contribution in [0.3, 0.4) is 0 Å². The Balaban J connectivity index is 1.29. The average Bonchev–Trinajstić information content (AvgIpc) is 3.62. The number of nitriles is 2. The molecule has 4 heteroatoms. The molecular weight excluding hydrogens is 585 g/mol. The maximum Gasteiger partial charge on any atom is 0.101 e. The first-order valence-corrected chi connectivity index (χ1v) is 16.3. The summed E-state index contributed by atoms with van der Waals surface area (Å²) in [4.78, 5) is 2.32. The molecule has 2 atom stereocenters. The molecule has 6 aromatic rings. The quantitative estimate of drug-likeness (QED) is 0.194. The molecule has 2 heterocycles. The number of allylic oxidation sites excluding steroid dienone is 4. The molecular formula is C44H32N4. The number of hydrogen-bond acceptors (Lipinski definition) is 3. The van der Waals surface area contributed by atoms with Crippen molar-refractivity contribution in [1.82, 2.24) is 4.57 Å². The highest BCUT2D eigenvalue weighted by Crippen LogP contribution is 2.44. The molecule has 2 aliphatic rings. The number of anilines is 1. The summed E-state index contributed by atoms with van der Waals surface area (Å²) in [6, 6.07) is 42.5. The number of rotatable bonds is 5. The molecule has 5 aromatic carbocycles. The van der Waals surface area contributed by atoms with Gasteiger partial charge < -0.3 is 9.47 Å². The van der Waals surface area contributed by atoms with Gasteiger partial charge in [-0.15, -0.1) is 0 Å². The first-order chi connectivity index (χ1) is 23.6. The third kappa shape index (κ3) is 4.50. The van der Waals surface area contributed by atoms with Crippen LogP contribution in [0.25, 0.3) is 49.7 Å². The van der Waals surface area contributed by atoms with E-state index >= 15 is 0 Å². The lowest BCUT2D eigenvalue weighted by Gasteiger charge is -2.31. The highest BCUT2D eigenvalue weighted by molar-refractivity contribution is 6.10. The topological polar surface area (TPSA) is 55.8 Å². The summed E-state index contributed by atoms with van der Waals surface area (Å²) in [7, 11) is 0. The van der Waals surface area contributed by atoms with Gasteiger partial charge in [0.1, 0.15) is 6.07 Å². The molecule has 0 spiro atoms. The third-order valence-electron chi connectivity index (χ3n) is 9.74. The predicted octanol–water partition coefficient (Wildman–Crippen LogP) is 10.6. The molecule has 0 fully saturated rings. The maximum absolute atomic E-state index is 10.6. The van der Waals surface area contributed by atoms with Crippen LogP contribution in [0.5, 0.6) is 0 Å². The number of benzene rings is 5. The van der Waals surface area contributed by atoms with Crippen molar-refractivity contribution < 1.29 is 0 Å². The van der Waals surface area contributed by atoms with Crippen molar-refractivity contribution in [2.45, 2.75) is 19.9 Å². The molecule has 2 unspecified atom stereocenters. The van der Waals surface area contributed by atoms with E-state index < -0.39 is 0 Å². The molecule has 1 aliphatic heterocycles. The Hall–Kier alpha value is -6.36. The minimum Gasteiger partial charge on any atom is -0.333 e. The van der Waals surface area contributed by atoms with Gasteiger partial charge in [0, 0.05) is 28.0 Å². The third-order valence-corrected chi connectivity index (χ3v) is 9.74. The number of nitrogens with zero attached hydrogens (tertiary/aromatic N) is 4. The Bertz CT molecular complexity index is 2470. The van der Waals surface area contributed by atoms with Crippen LogP contribution in [0.2, 0.25) is 0 Å². The van der Waals surface area contributed by atoms with Crippen LogP contribution < -0.4 is 4.90 Å². The molecule has 1 aromatic heterocycles. The Morgan fingerprint density at radius 2 is 1.40 bits per heavy atom. The van der Waals surface area contributed by atoms with Gasteiger partial charge in [0.25, 0.3) is 0 Å². The molecule has 1 aliphatic carbocycles. The number of fused-ring (bicyclic) bond motifs is 4. The second-order valence-electron chi connectivity index (χ2n) is 12.3. The van der Waals surface area contributed by atoms with Gasteiger partial charge in [0.15, 0.2) is 0 Å². The first-order valence-electron chi connectivity index (χ1n) is 16.3. The van der Waals surface area contributed by atoms with E-state index in [0.29, 0.717) is 11.1 Å². The first kappa shape index (κ1) is 29.1. The molecule has 48 heavy (non-hydrogen) atoms. The number of hydrogen-bond donors (Lipinski definition) is 0. The fourth-order valence-electron chi connectivity index (χ4n) is 7.59. The van der Waals surface area contributed by atoms with Gasteiger partial charge in [-0.05, 0) is 78.6 Å². The molecule has 4 nitrogen and oxygen atoms in total. The predicted molar refractivity (Wildman–Crippen MR) is 197 cm³/mol. The zero-order valence-electron chi connectivity index (χ0n) is 26.8. The zero-order chi connectivity index (χ0) is 32.8. The summed E-state index contributed by atoms with van der Waals surface area (Å²) in [5, 5.41) is 22.6. The van der Waals surface area contributed by atoms with E-state index in [1.54, 1.807) is 0 Å². The van der Waals surface area contributed by atoms with E-state index in [-0.39, 0.29) is 12.0 Å². The Morgan fingerprint density at radius 1 is 0.667 bits per heavy atom. The molecule has 0 radical (unpaired) electrons. The van der Waals surface area contributed by atoms with Crippen LogP contribution >= 0.6 is 0 Å². The van der Waals surface area contributed by atoms with Gasteiger partial charge >= 0.3 is 0 Å². The van der Waals surface area contributed by atoms with Crippen molar-refractivity contribution >= 4 is 27.5 Å². The van der Waals surface area contributed by atoms with Gasteiger partial charge in [-0.3, -0.25) is 0 Å². The highest BCUT2D eigenvalue weighted by Gasteiger charge is 2.37. The van der Waals surface area contributed by atoms with Crippen molar-refractivity contribution in [1.29, 1.82) is 10.5 Å². The molecule has 0 amide bonds. The van der Waals surface area contributed by atoms with Crippen LogP contribution in [0.15, 0.2) is 157 Å². The van der Waals surface area contributed by atoms with Gasteiger partial charge in [-0.2, -0.15) is 10.5 Å². The van der Waals surface area contributed by atoms with Crippen LogP contribution in [-0.2, 0) is 0 Å². The maximum atomic E-state index is 10.6. The van der Waals surface area contributed by atoms with Crippen LogP contribution in [0.4, 0.5) is 5.69 Å². The average molecular weight is 617 g/mol. The van der Waals surface area contributed by atoms with Crippen LogP contribution in [0.1, 0.15) is 25.0 Å². The molecule has 228 valence electrons. The van der Waals surface area contributed by atoms with Crippen LogP contribution in [-0.4, -0.2) is 10.6 Å². The van der Waals surface area contributed by atoms with Gasteiger partial charge in [0.2, 0.25) is 0 Å². The second kappa shape index (κ2) is 11.8. The molecule has 0 N–H and O–H groups in total. The fraction of sp³-hybridized carbons (Fsp3) is 0.0909. The minimum atomic E-state index is 0.131. The van der Waals surface area contributed by atoms with Crippen molar-refractivity contribution in [3.05, 3.63) is 168 Å². The standard InChI is InChI=1S/C44H32N4/c1-3-12-39-29(2)33-13-6-9-18-41(33)47(39)40-24-22-31(26-32(40)28-46)34-14-4-5-15-35(34)36-16-7-10-19-42(36)48-43-20-11-8-17-37(43)38-23-21-30(27-45)25-44(38)48/h3-26,33,41H,1-2H3/b12-3-. The fourth-order valence-corrected chi connectivity index (χ4v) is 7.59. The summed E-state index contributed by atoms with van der Waals surface area (Å²) in [5.74, 6) is 0.273. The monoisotopic (exact) mass is 616 g/mol. The Morgan fingerprint density at radius 3 is 2.21 bits per heavy atom. The summed E-state index contributed by atoms with van der Waals surface area (Å²) >= 11 is 0. The molecule has 0 saturated carbocycles. The van der Waals surface area contributed by atoms with Crippen molar-refractivity contribution in [2.24, 2.45) is 5.92 Å². The van der Waals surface area contributed by atoms with Crippen molar-refractivity contribution in [2.75, 3.05) is 4.90 Å². The normalized spacial score (nSPS) is 17.0. The van der Waals surface area contributed by atoms with Crippen LogP contribution in [0, 0.1) is 28.6 Å². The van der Waals surface area contributed by atoms with E-state index in [4.69, 9.17) is 0 Å². The summed E-state index contributed by atoms with van der Waals surface area (Å²) in [5.41, 5.74) is 11.9. The lowest BCUT2D eigenvalue weighted by molar-refractivity contribution is 0.676. The smallest absolute Gasteiger partial charge is 0.101 e. The summed E-state index contributed by atoms with van der Waals surface area (Å²) in [6.45, 7) is 4.24. The molecule has 0 saturated heterocycles. The largest absolute Gasteiger partial charge is 0.333 e. The number of aromatic nitrogens is 1. The number of para-hydroxylation sites is 2. The van der Waals surface area contributed by atoms with Crippen molar-refractivity contribution in [3.8, 4) is 40.1 Å². The van der Waals surface area contributed by atoms with E-state index in [0.717, 1.165) is 61.1 Å².